The average Bonchev–Trinajstić information content (AvgIpc) is 3.96. The lowest BCUT2D eigenvalue weighted by Gasteiger charge is -2.35. The van der Waals surface area contributed by atoms with Gasteiger partial charge in [-0.3, -0.25) is 14.4 Å². The molecule has 1 aromatic heterocycles. The van der Waals surface area contributed by atoms with Gasteiger partial charge < -0.3 is 25.1 Å². The van der Waals surface area contributed by atoms with Gasteiger partial charge in [-0.25, -0.2) is 9.78 Å². The Morgan fingerprint density at radius 3 is 1.68 bits per heavy atom. The molecule has 3 N–H and O–H groups in total. The van der Waals surface area contributed by atoms with Crippen molar-refractivity contribution in [1.29, 1.82) is 0 Å². The molecule has 0 radical (unpaired) electrons. The molecule has 2 aliphatic carbocycles. The number of carboxylic acids is 3. The number of aromatic carboxylic acids is 1. The summed E-state index contributed by atoms with van der Waals surface area (Å²) in [5.41, 5.74) is 3.75. The van der Waals surface area contributed by atoms with Gasteiger partial charge >= 0.3 is 17.9 Å². The van der Waals surface area contributed by atoms with Crippen LogP contribution in [0.2, 0.25) is 0 Å². The summed E-state index contributed by atoms with van der Waals surface area (Å²) in [6, 6.07) is 18.7. The molecule has 59 heavy (non-hydrogen) atoms. The second-order valence-electron chi connectivity index (χ2n) is 16.5. The van der Waals surface area contributed by atoms with Crippen molar-refractivity contribution in [3.8, 4) is 11.1 Å². The third kappa shape index (κ3) is 11.2. The third-order valence-corrected chi connectivity index (χ3v) is 12.6. The lowest BCUT2D eigenvalue weighted by molar-refractivity contribution is -0.147. The number of allylic oxidation sites excluding steroid dienone is 4. The highest BCUT2D eigenvalue weighted by atomic mass is 16.4. The van der Waals surface area contributed by atoms with Crippen molar-refractivity contribution in [3.05, 3.63) is 114 Å². The minimum atomic E-state index is -0.955. The van der Waals surface area contributed by atoms with E-state index in [4.69, 9.17) is 0 Å². The Labute approximate surface area is 348 Å². The minimum Gasteiger partial charge on any atom is -0.481 e. The van der Waals surface area contributed by atoms with E-state index in [-0.39, 0.29) is 11.5 Å². The standard InChI is InChI=1S/C49H59N3O7/c53-44(52-34-32-51(33-35-52)43-25-24-42(36-50-43)39-18-22-41(23-19-39)45(54)55)40-20-16-38(17-21-40)37(15-7-3-5-9-27-49(47(58)59)30-12-13-31-49)14-6-2-1-4-8-26-48(46(56)57)28-10-11-29-48/h10,12,14,16-25,28,30,36H,1-9,11,13,15,26-27,29,31-35H2,(H,54,55)(H,56,57)(H,58,59)/b37-14+. The molecule has 1 saturated heterocycles. The molecule has 3 aliphatic rings. The van der Waals surface area contributed by atoms with Gasteiger partial charge in [0.2, 0.25) is 0 Å². The summed E-state index contributed by atoms with van der Waals surface area (Å²) in [6.45, 7) is 2.51. The lowest BCUT2D eigenvalue weighted by atomic mass is 9.82. The second kappa shape index (κ2) is 20.5. The number of rotatable bonds is 21. The summed E-state index contributed by atoms with van der Waals surface area (Å²) in [6.07, 6.45) is 26.2. The van der Waals surface area contributed by atoms with Gasteiger partial charge in [-0.1, -0.05) is 93.2 Å². The van der Waals surface area contributed by atoms with Gasteiger partial charge in [-0.2, -0.15) is 0 Å². The molecule has 2 heterocycles. The van der Waals surface area contributed by atoms with E-state index in [1.165, 1.54) is 5.57 Å². The van der Waals surface area contributed by atoms with Gasteiger partial charge in [0, 0.05) is 43.5 Å². The summed E-state index contributed by atoms with van der Waals surface area (Å²) in [7, 11) is 0. The van der Waals surface area contributed by atoms with E-state index in [2.05, 4.69) is 28.1 Å². The van der Waals surface area contributed by atoms with Crippen LogP contribution in [-0.2, 0) is 9.59 Å². The Morgan fingerprint density at radius 2 is 1.15 bits per heavy atom. The number of anilines is 1. The number of piperazine rings is 1. The van der Waals surface area contributed by atoms with Crippen molar-refractivity contribution in [3.63, 3.8) is 0 Å². The molecule has 6 rings (SSSR count). The van der Waals surface area contributed by atoms with Crippen molar-refractivity contribution >= 4 is 35.2 Å². The molecular formula is C49H59N3O7. The van der Waals surface area contributed by atoms with Crippen LogP contribution in [0.15, 0.2) is 97.2 Å². The summed E-state index contributed by atoms with van der Waals surface area (Å²) in [5, 5.41) is 28.8. The van der Waals surface area contributed by atoms with E-state index in [1.807, 2.05) is 53.5 Å². The largest absolute Gasteiger partial charge is 0.481 e. The number of aliphatic carboxylic acids is 2. The average molecular weight is 802 g/mol. The van der Waals surface area contributed by atoms with Crippen molar-refractivity contribution in [2.75, 3.05) is 31.1 Å². The first-order valence-corrected chi connectivity index (χ1v) is 21.5. The normalized spacial score (nSPS) is 20.3. The molecule has 0 spiro atoms. The number of carbonyl (C=O) groups excluding carboxylic acids is 1. The van der Waals surface area contributed by atoms with Crippen LogP contribution in [0.4, 0.5) is 5.82 Å². The van der Waals surface area contributed by atoms with E-state index in [0.717, 1.165) is 99.6 Å². The SMILES string of the molecule is O=C(O)c1ccc(-c2ccc(N3CCN(C(=O)c4ccc(/C(=C/CCCCCCC5(C(=O)O)C=CCC5)CCCCCCC5(C(=O)O)C=CCC5)cc4)CC3)nc2)cc1. The number of hydrogen-bond donors (Lipinski definition) is 3. The number of amides is 1. The topological polar surface area (TPSA) is 148 Å². The zero-order chi connectivity index (χ0) is 41.7. The summed E-state index contributed by atoms with van der Waals surface area (Å²) in [5.74, 6) is -1.50. The predicted molar refractivity (Wildman–Crippen MR) is 231 cm³/mol. The molecule has 1 aliphatic heterocycles. The summed E-state index contributed by atoms with van der Waals surface area (Å²) >= 11 is 0. The number of nitrogens with zero attached hydrogens (tertiary/aromatic N) is 3. The van der Waals surface area contributed by atoms with E-state index in [0.29, 0.717) is 57.4 Å². The number of benzene rings is 2. The highest BCUT2D eigenvalue weighted by Gasteiger charge is 2.38. The van der Waals surface area contributed by atoms with Gasteiger partial charge in [0.1, 0.15) is 5.82 Å². The molecule has 0 saturated carbocycles. The first kappa shape index (κ1) is 43.1. The second-order valence-corrected chi connectivity index (χ2v) is 16.5. The van der Waals surface area contributed by atoms with Gasteiger partial charge in [-0.15, -0.1) is 0 Å². The predicted octanol–water partition coefficient (Wildman–Crippen LogP) is 10.3. The number of pyridine rings is 1. The van der Waals surface area contributed by atoms with Crippen molar-refractivity contribution in [2.45, 2.75) is 103 Å². The summed E-state index contributed by atoms with van der Waals surface area (Å²) in [4.78, 5) is 57.4. The Morgan fingerprint density at radius 1 is 0.610 bits per heavy atom. The monoisotopic (exact) mass is 801 g/mol. The molecule has 2 aromatic carbocycles. The van der Waals surface area contributed by atoms with Crippen LogP contribution in [0.25, 0.3) is 16.7 Å². The molecule has 2 atom stereocenters. The fourth-order valence-corrected chi connectivity index (χ4v) is 8.84. The van der Waals surface area contributed by atoms with Crippen LogP contribution in [0.3, 0.4) is 0 Å². The zero-order valence-corrected chi connectivity index (χ0v) is 34.2. The van der Waals surface area contributed by atoms with Crippen molar-refractivity contribution in [1.82, 2.24) is 9.88 Å². The van der Waals surface area contributed by atoms with Crippen LogP contribution >= 0.6 is 0 Å². The quantitative estimate of drug-likeness (QED) is 0.0707. The Balaban J connectivity index is 0.998. The Kier molecular flexibility index (Phi) is 14.9. The number of hydrogen-bond acceptors (Lipinski definition) is 6. The van der Waals surface area contributed by atoms with Crippen LogP contribution in [0, 0.1) is 10.8 Å². The first-order valence-electron chi connectivity index (χ1n) is 21.5. The summed E-state index contributed by atoms with van der Waals surface area (Å²) < 4.78 is 0. The smallest absolute Gasteiger partial charge is 0.335 e. The Bertz CT molecular complexity index is 2000. The van der Waals surface area contributed by atoms with Crippen molar-refractivity contribution in [2.24, 2.45) is 10.8 Å². The lowest BCUT2D eigenvalue weighted by Crippen LogP contribution is -2.49. The molecule has 1 fully saturated rings. The van der Waals surface area contributed by atoms with Crippen LogP contribution < -0.4 is 4.90 Å². The van der Waals surface area contributed by atoms with Gasteiger partial charge in [0.15, 0.2) is 0 Å². The van der Waals surface area contributed by atoms with E-state index in [9.17, 15) is 34.5 Å². The molecule has 2 unspecified atom stereocenters. The van der Waals surface area contributed by atoms with E-state index in [1.54, 1.807) is 30.5 Å². The third-order valence-electron chi connectivity index (χ3n) is 12.6. The minimum absolute atomic E-state index is 0.0175. The number of unbranched alkanes of at least 4 members (excludes halogenated alkanes) is 7. The van der Waals surface area contributed by atoms with Gasteiger partial charge in [-0.05, 0) is 117 Å². The molecule has 10 nitrogen and oxygen atoms in total. The number of carboxylic acid groups (broad SMARTS) is 3. The van der Waals surface area contributed by atoms with Gasteiger partial charge in [0.25, 0.3) is 5.91 Å². The number of carbonyl (C=O) groups is 4. The maximum Gasteiger partial charge on any atom is 0.335 e. The fourth-order valence-electron chi connectivity index (χ4n) is 8.84. The zero-order valence-electron chi connectivity index (χ0n) is 34.2. The molecule has 1 amide bonds. The highest BCUT2D eigenvalue weighted by Crippen LogP contribution is 2.39. The maximum atomic E-state index is 13.6. The fraction of sp³-hybridized carbons (Fsp3) is 0.449. The number of aromatic nitrogens is 1. The molecule has 312 valence electrons. The molecular weight excluding hydrogens is 743 g/mol. The van der Waals surface area contributed by atoms with E-state index >= 15 is 0 Å². The van der Waals surface area contributed by atoms with Crippen LogP contribution in [0.5, 0.6) is 0 Å². The first-order chi connectivity index (χ1) is 28.6. The van der Waals surface area contributed by atoms with Crippen molar-refractivity contribution < 1.29 is 34.5 Å². The molecule has 0 bridgehead atoms. The Hall–Kier alpha value is -5.51. The van der Waals surface area contributed by atoms with Crippen LogP contribution in [0.1, 0.15) is 129 Å². The highest BCUT2D eigenvalue weighted by molar-refractivity contribution is 5.94. The van der Waals surface area contributed by atoms with E-state index < -0.39 is 28.7 Å². The maximum absolute atomic E-state index is 13.6. The van der Waals surface area contributed by atoms with Gasteiger partial charge in [0.05, 0.1) is 16.4 Å². The molecule has 10 heteroatoms. The van der Waals surface area contributed by atoms with Crippen LogP contribution in [-0.4, -0.2) is 75.2 Å². The molecule has 3 aromatic rings.